The molecule has 1 aromatic carbocycles. The van der Waals surface area contributed by atoms with Gasteiger partial charge in [0.1, 0.15) is 4.90 Å². The van der Waals surface area contributed by atoms with E-state index in [9.17, 15) is 18.3 Å². The zero-order valence-electron chi connectivity index (χ0n) is 7.73. The number of halogens is 1. The van der Waals surface area contributed by atoms with Crippen molar-refractivity contribution < 1.29 is 47.9 Å². The molecule has 1 rings (SSSR count). The second-order valence-electron chi connectivity index (χ2n) is 2.48. The molecule has 0 saturated heterocycles. The Kier molecular flexibility index (Phi) is 5.25. The Morgan fingerprint density at radius 2 is 1.93 bits per heavy atom. The molecular formula is C7H5ClNNaO4S. The predicted octanol–water partition coefficient (Wildman–Crippen LogP) is -3.65. The van der Waals surface area contributed by atoms with Crippen LogP contribution in [-0.4, -0.2) is 14.4 Å². The predicted molar refractivity (Wildman–Crippen MR) is 47.2 cm³/mol. The molecule has 0 fully saturated rings. The van der Waals surface area contributed by atoms with Crippen LogP contribution in [0.1, 0.15) is 10.4 Å². The van der Waals surface area contributed by atoms with Crippen molar-refractivity contribution in [2.45, 2.75) is 4.90 Å². The molecule has 5 nitrogen and oxygen atoms in total. The minimum Gasteiger partial charge on any atom is -0.545 e. The Labute approximate surface area is 114 Å². The van der Waals surface area contributed by atoms with E-state index in [1.807, 2.05) is 0 Å². The standard InChI is InChI=1S/C7H6ClNO4S.Na/c8-5-2-1-4(7(10)11)3-6(5)14(9,12)13;/h1-3H,(H,10,11)(H2,9,12,13);/q;+1/p-1. The molecule has 0 amide bonds. The van der Waals surface area contributed by atoms with Gasteiger partial charge in [-0.05, 0) is 17.7 Å². The van der Waals surface area contributed by atoms with Crippen LogP contribution >= 0.6 is 11.6 Å². The van der Waals surface area contributed by atoms with Crippen molar-refractivity contribution in [2.24, 2.45) is 5.14 Å². The number of carboxylic acids is 1. The number of primary sulfonamides is 1. The number of hydrogen-bond acceptors (Lipinski definition) is 4. The number of carbonyl (C=O) groups excluding carboxylic acids is 1. The monoisotopic (exact) mass is 257 g/mol. The number of carbonyl (C=O) groups is 1. The summed E-state index contributed by atoms with van der Waals surface area (Å²) in [6.45, 7) is 0. The molecule has 1 aromatic rings. The second-order valence-corrected chi connectivity index (χ2v) is 4.41. The first kappa shape index (κ1) is 14.9. The molecule has 0 aliphatic heterocycles. The third-order valence-corrected chi connectivity index (χ3v) is 2.87. The van der Waals surface area contributed by atoms with E-state index in [-0.39, 0.29) is 40.1 Å². The molecule has 0 aromatic heterocycles. The van der Waals surface area contributed by atoms with Crippen LogP contribution in [0.25, 0.3) is 0 Å². The van der Waals surface area contributed by atoms with Crippen LogP contribution in [0.4, 0.5) is 0 Å². The van der Waals surface area contributed by atoms with E-state index < -0.39 is 20.9 Å². The normalized spacial score (nSPS) is 10.5. The number of rotatable bonds is 2. The number of nitrogens with two attached hydrogens (primary N) is 1. The minimum atomic E-state index is -4.01. The summed E-state index contributed by atoms with van der Waals surface area (Å²) in [5.41, 5.74) is -0.293. The van der Waals surface area contributed by atoms with Gasteiger partial charge in [0.25, 0.3) is 0 Å². The summed E-state index contributed by atoms with van der Waals surface area (Å²) in [6, 6.07) is 3.12. The van der Waals surface area contributed by atoms with E-state index in [0.717, 1.165) is 18.2 Å². The van der Waals surface area contributed by atoms with Crippen molar-refractivity contribution in [3.8, 4) is 0 Å². The van der Waals surface area contributed by atoms with Crippen LogP contribution in [0.2, 0.25) is 5.02 Å². The molecular weight excluding hydrogens is 253 g/mol. The summed E-state index contributed by atoms with van der Waals surface area (Å²) < 4.78 is 21.8. The van der Waals surface area contributed by atoms with Crippen molar-refractivity contribution in [3.05, 3.63) is 28.8 Å². The third-order valence-electron chi connectivity index (χ3n) is 1.47. The molecule has 0 radical (unpaired) electrons. The smallest absolute Gasteiger partial charge is 0.545 e. The zero-order chi connectivity index (χ0) is 10.9. The summed E-state index contributed by atoms with van der Waals surface area (Å²) in [5.74, 6) is -1.49. The molecule has 0 heterocycles. The van der Waals surface area contributed by atoms with Crippen LogP contribution in [-0.2, 0) is 10.0 Å². The van der Waals surface area contributed by atoms with Gasteiger partial charge in [-0.3, -0.25) is 0 Å². The maximum atomic E-state index is 10.9. The third kappa shape index (κ3) is 3.75. The van der Waals surface area contributed by atoms with E-state index in [1.165, 1.54) is 0 Å². The molecule has 15 heavy (non-hydrogen) atoms. The largest absolute Gasteiger partial charge is 1.00 e. The SMILES string of the molecule is NS(=O)(=O)c1cc(C(=O)[O-])ccc1Cl.[Na+]. The molecule has 76 valence electrons. The fourth-order valence-electron chi connectivity index (χ4n) is 0.848. The van der Waals surface area contributed by atoms with E-state index in [2.05, 4.69) is 0 Å². The Morgan fingerprint density at radius 3 is 2.33 bits per heavy atom. The summed E-state index contributed by atoms with van der Waals surface area (Å²) in [5, 5.41) is 15.1. The average molecular weight is 258 g/mol. The zero-order valence-corrected chi connectivity index (χ0v) is 11.3. The summed E-state index contributed by atoms with van der Waals surface area (Å²) >= 11 is 5.51. The van der Waals surface area contributed by atoms with Crippen molar-refractivity contribution in [2.75, 3.05) is 0 Å². The average Bonchev–Trinajstić information content (AvgIpc) is 2.02. The Bertz CT molecular complexity index is 488. The summed E-state index contributed by atoms with van der Waals surface area (Å²) in [6.07, 6.45) is 0. The second kappa shape index (κ2) is 5.29. The van der Waals surface area contributed by atoms with E-state index in [4.69, 9.17) is 16.7 Å². The van der Waals surface area contributed by atoms with Crippen LogP contribution in [0, 0.1) is 0 Å². The fourth-order valence-corrected chi connectivity index (χ4v) is 1.92. The van der Waals surface area contributed by atoms with Gasteiger partial charge >= 0.3 is 29.6 Å². The first-order valence-electron chi connectivity index (χ1n) is 3.36. The van der Waals surface area contributed by atoms with Crippen molar-refractivity contribution in [1.29, 1.82) is 0 Å². The fraction of sp³-hybridized carbons (Fsp3) is 0. The minimum absolute atomic E-state index is 0. The number of hydrogen-bond donors (Lipinski definition) is 1. The number of sulfonamides is 1. The molecule has 0 aliphatic carbocycles. The summed E-state index contributed by atoms with van der Waals surface area (Å²) in [4.78, 5) is 9.97. The Hall–Kier alpha value is -0.110. The number of carboxylic acid groups (broad SMARTS) is 1. The van der Waals surface area contributed by atoms with Crippen molar-refractivity contribution >= 4 is 27.6 Å². The topological polar surface area (TPSA) is 100 Å². The van der Waals surface area contributed by atoms with E-state index in [0.29, 0.717) is 0 Å². The van der Waals surface area contributed by atoms with Gasteiger partial charge in [-0.25, -0.2) is 13.6 Å². The molecule has 0 bridgehead atoms. The maximum absolute atomic E-state index is 10.9. The number of aromatic carboxylic acids is 1. The molecule has 2 N–H and O–H groups in total. The van der Waals surface area contributed by atoms with Gasteiger partial charge in [-0.1, -0.05) is 17.7 Å². The van der Waals surface area contributed by atoms with E-state index in [1.54, 1.807) is 0 Å². The van der Waals surface area contributed by atoms with Crippen LogP contribution in [0.15, 0.2) is 23.1 Å². The quantitative estimate of drug-likeness (QED) is 0.552. The molecule has 0 aliphatic rings. The van der Waals surface area contributed by atoms with Crippen LogP contribution in [0.5, 0.6) is 0 Å². The first-order valence-corrected chi connectivity index (χ1v) is 5.28. The molecule has 0 spiro atoms. The first-order chi connectivity index (χ1) is 6.32. The summed E-state index contributed by atoms with van der Waals surface area (Å²) in [7, 11) is -4.01. The van der Waals surface area contributed by atoms with E-state index >= 15 is 0 Å². The van der Waals surface area contributed by atoms with Crippen molar-refractivity contribution in [1.82, 2.24) is 0 Å². The Morgan fingerprint density at radius 1 is 1.40 bits per heavy atom. The van der Waals surface area contributed by atoms with Gasteiger partial charge in [-0.15, -0.1) is 0 Å². The number of benzene rings is 1. The van der Waals surface area contributed by atoms with Gasteiger partial charge in [0.15, 0.2) is 0 Å². The van der Waals surface area contributed by atoms with Gasteiger partial charge < -0.3 is 9.90 Å². The van der Waals surface area contributed by atoms with Gasteiger partial charge in [-0.2, -0.15) is 0 Å². The van der Waals surface area contributed by atoms with Crippen LogP contribution in [0.3, 0.4) is 0 Å². The van der Waals surface area contributed by atoms with Crippen LogP contribution < -0.4 is 39.8 Å². The molecule has 0 saturated carbocycles. The van der Waals surface area contributed by atoms with Gasteiger partial charge in [0, 0.05) is 0 Å². The maximum Gasteiger partial charge on any atom is 1.00 e. The molecule has 8 heteroatoms. The Balaban J connectivity index is 0.00000196. The van der Waals surface area contributed by atoms with Gasteiger partial charge in [0.05, 0.1) is 11.0 Å². The molecule has 0 unspecified atom stereocenters. The van der Waals surface area contributed by atoms with Crippen molar-refractivity contribution in [3.63, 3.8) is 0 Å². The van der Waals surface area contributed by atoms with Gasteiger partial charge in [0.2, 0.25) is 10.0 Å². The molecule has 0 atom stereocenters.